The van der Waals surface area contributed by atoms with Gasteiger partial charge in [-0.05, 0) is 31.0 Å². The van der Waals surface area contributed by atoms with Crippen molar-refractivity contribution in [3.63, 3.8) is 0 Å². The fraction of sp³-hybridized carbons (Fsp3) is 0.400. The van der Waals surface area contributed by atoms with Crippen LogP contribution in [0.4, 0.5) is 5.69 Å². The lowest BCUT2D eigenvalue weighted by atomic mass is 10.1. The fourth-order valence-electron chi connectivity index (χ4n) is 2.11. The van der Waals surface area contributed by atoms with Crippen LogP contribution in [0.15, 0.2) is 23.3 Å². The Hall–Kier alpha value is -2.21. The second-order valence-corrected chi connectivity index (χ2v) is 5.03. The van der Waals surface area contributed by atoms with Crippen LogP contribution in [0.2, 0.25) is 0 Å². The molecule has 0 N–H and O–H groups in total. The van der Waals surface area contributed by atoms with Crippen molar-refractivity contribution in [2.24, 2.45) is 5.10 Å². The van der Waals surface area contributed by atoms with Crippen molar-refractivity contribution >= 4 is 23.2 Å². The Morgan fingerprint density at radius 3 is 2.71 bits per heavy atom. The predicted octanol–water partition coefficient (Wildman–Crippen LogP) is 1.81. The van der Waals surface area contributed by atoms with Crippen LogP contribution in [0, 0.1) is 13.8 Å². The van der Waals surface area contributed by atoms with Crippen LogP contribution in [-0.2, 0) is 14.4 Å². The van der Waals surface area contributed by atoms with Crippen molar-refractivity contribution in [3.8, 4) is 0 Å². The monoisotopic (exact) mass is 289 g/mol. The van der Waals surface area contributed by atoms with Crippen LogP contribution in [0.25, 0.3) is 0 Å². The van der Waals surface area contributed by atoms with Gasteiger partial charge in [-0.15, -0.1) is 0 Å². The molecular weight excluding hydrogens is 270 g/mol. The van der Waals surface area contributed by atoms with E-state index in [1.165, 1.54) is 19.2 Å². The summed E-state index contributed by atoms with van der Waals surface area (Å²) in [6.07, 6.45) is 0.586. The lowest BCUT2D eigenvalue weighted by Gasteiger charge is -2.26. The number of carbonyl (C=O) groups is 2. The van der Waals surface area contributed by atoms with Crippen molar-refractivity contribution in [1.82, 2.24) is 5.06 Å². The fourth-order valence-corrected chi connectivity index (χ4v) is 2.11. The Bertz CT molecular complexity index is 610. The van der Waals surface area contributed by atoms with Gasteiger partial charge in [0.1, 0.15) is 5.71 Å². The van der Waals surface area contributed by atoms with Gasteiger partial charge in [-0.3, -0.25) is 14.4 Å². The summed E-state index contributed by atoms with van der Waals surface area (Å²) in [4.78, 5) is 29.1. The number of hydroxylamine groups is 2. The van der Waals surface area contributed by atoms with Gasteiger partial charge < -0.3 is 0 Å². The van der Waals surface area contributed by atoms with Gasteiger partial charge >= 0.3 is 0 Å². The number of amides is 2. The van der Waals surface area contributed by atoms with E-state index < -0.39 is 0 Å². The SMILES string of the molecule is CON(C)C(=O)C1=NN(c2cc(C)ccc2C)C(=O)CC1. The number of nitrogens with zero attached hydrogens (tertiary/aromatic N) is 3. The molecule has 0 atom stereocenters. The van der Waals surface area contributed by atoms with Gasteiger partial charge in [0.25, 0.3) is 5.91 Å². The van der Waals surface area contributed by atoms with Gasteiger partial charge in [-0.1, -0.05) is 12.1 Å². The van der Waals surface area contributed by atoms with Crippen LogP contribution in [0.5, 0.6) is 0 Å². The molecule has 0 radical (unpaired) electrons. The van der Waals surface area contributed by atoms with E-state index in [1.54, 1.807) is 0 Å². The zero-order valence-corrected chi connectivity index (χ0v) is 12.7. The molecule has 21 heavy (non-hydrogen) atoms. The van der Waals surface area contributed by atoms with E-state index in [1.807, 2.05) is 32.0 Å². The van der Waals surface area contributed by atoms with Crippen LogP contribution in [-0.4, -0.2) is 36.7 Å². The number of hydrogen-bond acceptors (Lipinski definition) is 4. The zero-order valence-electron chi connectivity index (χ0n) is 12.7. The molecule has 0 spiro atoms. The van der Waals surface area contributed by atoms with Crippen LogP contribution in [0.1, 0.15) is 24.0 Å². The molecule has 0 saturated carbocycles. The number of benzene rings is 1. The van der Waals surface area contributed by atoms with Crippen molar-refractivity contribution in [1.29, 1.82) is 0 Å². The summed E-state index contributed by atoms with van der Waals surface area (Å²) in [7, 11) is 2.93. The number of rotatable bonds is 3. The first-order valence-corrected chi connectivity index (χ1v) is 6.74. The minimum atomic E-state index is -0.333. The Balaban J connectivity index is 2.39. The molecule has 0 unspecified atom stereocenters. The van der Waals surface area contributed by atoms with Crippen LogP contribution in [0.3, 0.4) is 0 Å². The van der Waals surface area contributed by atoms with Crippen molar-refractivity contribution in [3.05, 3.63) is 29.3 Å². The van der Waals surface area contributed by atoms with Gasteiger partial charge in [0.2, 0.25) is 5.91 Å². The first kappa shape index (κ1) is 15.2. The van der Waals surface area contributed by atoms with E-state index >= 15 is 0 Å². The lowest BCUT2D eigenvalue weighted by Crippen LogP contribution is -2.39. The maximum Gasteiger partial charge on any atom is 0.293 e. The number of aryl methyl sites for hydroxylation is 2. The third-order valence-electron chi connectivity index (χ3n) is 3.43. The van der Waals surface area contributed by atoms with Crippen LogP contribution < -0.4 is 5.01 Å². The van der Waals surface area contributed by atoms with Crippen molar-refractivity contribution in [2.75, 3.05) is 19.2 Å². The molecule has 0 fully saturated rings. The molecule has 2 amide bonds. The molecule has 2 rings (SSSR count). The van der Waals surface area contributed by atoms with Crippen molar-refractivity contribution in [2.45, 2.75) is 26.7 Å². The van der Waals surface area contributed by atoms with Gasteiger partial charge in [-0.2, -0.15) is 5.10 Å². The minimum absolute atomic E-state index is 0.111. The molecule has 0 saturated heterocycles. The van der Waals surface area contributed by atoms with Gasteiger partial charge in [-0.25, -0.2) is 10.1 Å². The molecule has 0 aliphatic carbocycles. The molecule has 1 heterocycles. The second kappa shape index (κ2) is 6.05. The van der Waals surface area contributed by atoms with E-state index in [0.717, 1.165) is 16.2 Å². The number of carbonyl (C=O) groups excluding carboxylic acids is 2. The molecule has 6 nitrogen and oxygen atoms in total. The minimum Gasteiger partial charge on any atom is -0.274 e. The highest BCUT2D eigenvalue weighted by molar-refractivity contribution is 6.39. The highest BCUT2D eigenvalue weighted by Crippen LogP contribution is 2.25. The molecule has 0 bridgehead atoms. The smallest absolute Gasteiger partial charge is 0.274 e. The van der Waals surface area contributed by atoms with E-state index in [-0.39, 0.29) is 18.2 Å². The van der Waals surface area contributed by atoms with Gasteiger partial charge in [0, 0.05) is 19.9 Å². The molecule has 1 aromatic carbocycles. The maximum absolute atomic E-state index is 12.1. The molecule has 112 valence electrons. The molecule has 6 heteroatoms. The normalized spacial score (nSPS) is 15.0. The summed E-state index contributed by atoms with van der Waals surface area (Å²) in [6.45, 7) is 3.86. The van der Waals surface area contributed by atoms with E-state index in [0.29, 0.717) is 17.8 Å². The zero-order chi connectivity index (χ0) is 15.6. The molecular formula is C15H19N3O3. The van der Waals surface area contributed by atoms with Gasteiger partial charge in [0.05, 0.1) is 12.8 Å². The molecule has 1 aliphatic heterocycles. The highest BCUT2D eigenvalue weighted by atomic mass is 16.7. The maximum atomic E-state index is 12.1. The summed E-state index contributed by atoms with van der Waals surface area (Å²) >= 11 is 0. The number of hydrogen-bond donors (Lipinski definition) is 0. The Kier molecular flexibility index (Phi) is 4.37. The summed E-state index contributed by atoms with van der Waals surface area (Å²) in [6, 6.07) is 5.80. The Morgan fingerprint density at radius 2 is 2.05 bits per heavy atom. The average Bonchev–Trinajstić information content (AvgIpc) is 2.49. The van der Waals surface area contributed by atoms with E-state index in [2.05, 4.69) is 5.10 Å². The number of anilines is 1. The largest absolute Gasteiger partial charge is 0.293 e. The molecule has 1 aliphatic rings. The Morgan fingerprint density at radius 1 is 1.33 bits per heavy atom. The van der Waals surface area contributed by atoms with E-state index in [9.17, 15) is 9.59 Å². The summed E-state index contributed by atoms with van der Waals surface area (Å²) in [5.41, 5.74) is 3.00. The average molecular weight is 289 g/mol. The third kappa shape index (κ3) is 3.11. The number of hydrazone groups is 1. The lowest BCUT2D eigenvalue weighted by molar-refractivity contribution is -0.160. The van der Waals surface area contributed by atoms with Crippen LogP contribution >= 0.6 is 0 Å². The highest BCUT2D eigenvalue weighted by Gasteiger charge is 2.28. The topological polar surface area (TPSA) is 62.2 Å². The second-order valence-electron chi connectivity index (χ2n) is 5.03. The first-order chi connectivity index (χ1) is 9.93. The summed E-state index contributed by atoms with van der Waals surface area (Å²) in [5, 5.41) is 6.66. The quantitative estimate of drug-likeness (QED) is 0.797. The summed E-state index contributed by atoms with van der Waals surface area (Å²) < 4.78 is 0. The first-order valence-electron chi connectivity index (χ1n) is 6.74. The molecule has 0 aromatic heterocycles. The summed E-state index contributed by atoms with van der Waals surface area (Å²) in [5.74, 6) is -0.444. The predicted molar refractivity (Wildman–Crippen MR) is 79.9 cm³/mol. The van der Waals surface area contributed by atoms with Gasteiger partial charge in [0.15, 0.2) is 0 Å². The third-order valence-corrected chi connectivity index (χ3v) is 3.43. The Labute approximate surface area is 123 Å². The molecule has 1 aromatic rings. The standard InChI is InChI=1S/C15H19N3O3/c1-10-5-6-11(2)13(9-10)18-14(19)8-7-12(16-18)15(20)17(3)21-4/h5-6,9H,7-8H2,1-4H3. The van der Waals surface area contributed by atoms with Crippen molar-refractivity contribution < 1.29 is 14.4 Å². The van der Waals surface area contributed by atoms with E-state index in [4.69, 9.17) is 4.84 Å².